The highest BCUT2D eigenvalue weighted by molar-refractivity contribution is 7.16. The molecule has 0 aliphatic heterocycles. The number of amides is 1. The fourth-order valence-electron chi connectivity index (χ4n) is 2.37. The van der Waals surface area contributed by atoms with E-state index in [9.17, 15) is 14.0 Å². The summed E-state index contributed by atoms with van der Waals surface area (Å²) in [6.45, 7) is 2.40. The number of halogens is 1. The third-order valence-corrected chi connectivity index (χ3v) is 5.62. The van der Waals surface area contributed by atoms with E-state index in [1.807, 2.05) is 24.4 Å². The minimum atomic E-state index is -0.387. The van der Waals surface area contributed by atoms with Crippen LogP contribution in [-0.4, -0.2) is 16.7 Å². The van der Waals surface area contributed by atoms with E-state index in [4.69, 9.17) is 0 Å². The van der Waals surface area contributed by atoms with Crippen LogP contribution in [0.25, 0.3) is 10.6 Å². The molecule has 2 heterocycles. The number of nitrogens with one attached hydrogen (secondary N) is 1. The van der Waals surface area contributed by atoms with Gasteiger partial charge in [0.1, 0.15) is 5.82 Å². The maximum absolute atomic E-state index is 12.9. The van der Waals surface area contributed by atoms with Gasteiger partial charge < -0.3 is 5.32 Å². The molecule has 1 N–H and O–H groups in total. The number of thiazole rings is 1. The molecule has 0 atom stereocenters. The van der Waals surface area contributed by atoms with Gasteiger partial charge >= 0.3 is 0 Å². The van der Waals surface area contributed by atoms with Gasteiger partial charge in [0.2, 0.25) is 5.91 Å². The lowest BCUT2D eigenvalue weighted by Gasteiger charge is -2.04. The predicted molar refractivity (Wildman–Crippen MR) is 102 cm³/mol. The van der Waals surface area contributed by atoms with E-state index in [2.05, 4.69) is 10.3 Å². The zero-order chi connectivity index (χ0) is 18.5. The summed E-state index contributed by atoms with van der Waals surface area (Å²) in [7, 11) is 0. The molecule has 1 aromatic carbocycles. The molecule has 0 saturated carbocycles. The van der Waals surface area contributed by atoms with Crippen LogP contribution in [-0.2, 0) is 11.3 Å². The fourth-order valence-corrected chi connectivity index (χ4v) is 3.96. The zero-order valence-electron chi connectivity index (χ0n) is 14.1. The predicted octanol–water partition coefficient (Wildman–Crippen LogP) is 4.60. The van der Waals surface area contributed by atoms with Crippen molar-refractivity contribution in [3.05, 3.63) is 63.0 Å². The Morgan fingerprint density at radius 1 is 1.12 bits per heavy atom. The van der Waals surface area contributed by atoms with Crippen LogP contribution in [0.1, 0.15) is 33.1 Å². The normalized spacial score (nSPS) is 10.7. The summed E-state index contributed by atoms with van der Waals surface area (Å²) in [5.41, 5.74) is 1.38. The number of rotatable bonds is 7. The second-order valence-corrected chi connectivity index (χ2v) is 7.96. The van der Waals surface area contributed by atoms with Crippen LogP contribution in [0.3, 0.4) is 0 Å². The van der Waals surface area contributed by atoms with Crippen molar-refractivity contribution in [3.8, 4) is 10.6 Å². The van der Waals surface area contributed by atoms with Crippen molar-refractivity contribution in [1.82, 2.24) is 10.3 Å². The molecule has 26 heavy (non-hydrogen) atoms. The monoisotopic (exact) mass is 388 g/mol. The topological polar surface area (TPSA) is 59.1 Å². The Labute approximate surface area is 158 Å². The SMILES string of the molecule is Cc1nc(-c2ccc(CNC(=O)CCC(=O)c3ccc(F)cc3)s2)cs1. The van der Waals surface area contributed by atoms with Gasteiger partial charge in [-0.25, -0.2) is 9.37 Å². The first kappa shape index (κ1) is 18.4. The van der Waals surface area contributed by atoms with Crippen molar-refractivity contribution in [2.24, 2.45) is 0 Å². The maximum atomic E-state index is 12.9. The Morgan fingerprint density at radius 3 is 2.58 bits per heavy atom. The number of hydrogen-bond acceptors (Lipinski definition) is 5. The number of nitrogens with zero attached hydrogens (tertiary/aromatic N) is 1. The first-order chi connectivity index (χ1) is 12.5. The van der Waals surface area contributed by atoms with Crippen LogP contribution in [0.15, 0.2) is 41.8 Å². The maximum Gasteiger partial charge on any atom is 0.220 e. The Hall–Kier alpha value is -2.38. The molecule has 134 valence electrons. The number of benzene rings is 1. The molecule has 0 radical (unpaired) electrons. The molecule has 0 aliphatic rings. The van der Waals surface area contributed by atoms with Crippen molar-refractivity contribution in [3.63, 3.8) is 0 Å². The third-order valence-electron chi connectivity index (χ3n) is 3.74. The number of carbonyl (C=O) groups excluding carboxylic acids is 2. The van der Waals surface area contributed by atoms with Gasteiger partial charge in [-0.15, -0.1) is 22.7 Å². The largest absolute Gasteiger partial charge is 0.351 e. The fraction of sp³-hybridized carbons (Fsp3) is 0.211. The van der Waals surface area contributed by atoms with E-state index in [0.717, 1.165) is 20.5 Å². The average molecular weight is 388 g/mol. The quantitative estimate of drug-likeness (QED) is 0.602. The molecule has 4 nitrogen and oxygen atoms in total. The molecule has 0 aliphatic carbocycles. The Kier molecular flexibility index (Phi) is 5.90. The molecule has 0 bridgehead atoms. The number of ketones is 1. The molecule has 1 amide bonds. The van der Waals surface area contributed by atoms with E-state index >= 15 is 0 Å². The van der Waals surface area contributed by atoms with Crippen molar-refractivity contribution < 1.29 is 14.0 Å². The summed E-state index contributed by atoms with van der Waals surface area (Å²) in [4.78, 5) is 30.5. The minimum absolute atomic E-state index is 0.102. The van der Waals surface area contributed by atoms with Crippen LogP contribution in [0, 0.1) is 12.7 Å². The highest BCUT2D eigenvalue weighted by Gasteiger charge is 2.11. The highest BCUT2D eigenvalue weighted by atomic mass is 32.1. The van der Waals surface area contributed by atoms with E-state index < -0.39 is 0 Å². The summed E-state index contributed by atoms with van der Waals surface area (Å²) >= 11 is 3.20. The Balaban J connectivity index is 1.46. The van der Waals surface area contributed by atoms with Crippen LogP contribution in [0.5, 0.6) is 0 Å². The van der Waals surface area contributed by atoms with Crippen LogP contribution >= 0.6 is 22.7 Å². The number of hydrogen-bond donors (Lipinski definition) is 1. The molecule has 2 aromatic heterocycles. The summed E-state index contributed by atoms with van der Waals surface area (Å²) in [5.74, 6) is -0.736. The van der Waals surface area contributed by atoms with Crippen molar-refractivity contribution in [1.29, 1.82) is 0 Å². The van der Waals surface area contributed by atoms with Crippen LogP contribution < -0.4 is 5.32 Å². The lowest BCUT2D eigenvalue weighted by atomic mass is 10.1. The van der Waals surface area contributed by atoms with Gasteiger partial charge in [0.15, 0.2) is 5.78 Å². The molecular formula is C19H17FN2O2S2. The smallest absolute Gasteiger partial charge is 0.220 e. The molecule has 0 saturated heterocycles. The standard InChI is InChI=1S/C19H17FN2O2S2/c1-12-22-16(11-25-12)18-8-6-15(26-18)10-21-19(24)9-7-17(23)13-2-4-14(20)5-3-13/h2-6,8,11H,7,9-10H2,1H3,(H,21,24). The van der Waals surface area contributed by atoms with Crippen molar-refractivity contribution in [2.75, 3.05) is 0 Å². The van der Waals surface area contributed by atoms with Crippen molar-refractivity contribution in [2.45, 2.75) is 26.3 Å². The van der Waals surface area contributed by atoms with Crippen LogP contribution in [0.4, 0.5) is 4.39 Å². The van der Waals surface area contributed by atoms with Crippen molar-refractivity contribution >= 4 is 34.4 Å². The van der Waals surface area contributed by atoms with E-state index in [0.29, 0.717) is 12.1 Å². The third kappa shape index (κ3) is 4.83. The second kappa shape index (κ2) is 8.33. The van der Waals surface area contributed by atoms with Gasteiger partial charge in [0.25, 0.3) is 0 Å². The zero-order valence-corrected chi connectivity index (χ0v) is 15.8. The molecule has 0 fully saturated rings. The van der Waals surface area contributed by atoms with Gasteiger partial charge in [0.05, 0.1) is 22.1 Å². The lowest BCUT2D eigenvalue weighted by Crippen LogP contribution is -2.22. The van der Waals surface area contributed by atoms with Gasteiger partial charge in [-0.1, -0.05) is 0 Å². The first-order valence-corrected chi connectivity index (χ1v) is 9.77. The highest BCUT2D eigenvalue weighted by Crippen LogP contribution is 2.28. The average Bonchev–Trinajstić information content (AvgIpc) is 3.27. The van der Waals surface area contributed by atoms with E-state index in [1.54, 1.807) is 22.7 Å². The minimum Gasteiger partial charge on any atom is -0.351 e. The molecule has 3 rings (SSSR count). The molecular weight excluding hydrogens is 371 g/mol. The number of aromatic nitrogens is 1. The van der Waals surface area contributed by atoms with Crippen LogP contribution in [0.2, 0.25) is 0 Å². The summed E-state index contributed by atoms with van der Waals surface area (Å²) in [5, 5.41) is 5.87. The first-order valence-electron chi connectivity index (χ1n) is 8.08. The van der Waals surface area contributed by atoms with E-state index in [1.165, 1.54) is 24.3 Å². The van der Waals surface area contributed by atoms with Gasteiger partial charge in [-0.3, -0.25) is 9.59 Å². The summed E-state index contributed by atoms with van der Waals surface area (Å²) in [6, 6.07) is 9.32. The molecule has 7 heteroatoms. The lowest BCUT2D eigenvalue weighted by molar-refractivity contribution is -0.121. The van der Waals surface area contributed by atoms with E-state index in [-0.39, 0.29) is 30.3 Å². The summed E-state index contributed by atoms with van der Waals surface area (Å²) < 4.78 is 12.9. The molecule has 3 aromatic rings. The number of thiophene rings is 1. The second-order valence-electron chi connectivity index (χ2n) is 5.72. The Bertz CT molecular complexity index is 916. The van der Waals surface area contributed by atoms with Gasteiger partial charge in [-0.05, 0) is 43.3 Å². The molecule has 0 spiro atoms. The number of Topliss-reactive ketones (excluding diaryl/α,β-unsaturated/α-hetero) is 1. The Morgan fingerprint density at radius 2 is 1.88 bits per heavy atom. The number of carbonyl (C=O) groups is 2. The van der Waals surface area contributed by atoms with Gasteiger partial charge in [-0.2, -0.15) is 0 Å². The number of aryl methyl sites for hydroxylation is 1. The van der Waals surface area contributed by atoms with Gasteiger partial charge in [0, 0.05) is 28.7 Å². The summed E-state index contributed by atoms with van der Waals surface area (Å²) in [6.07, 6.45) is 0.213. The molecule has 0 unspecified atom stereocenters.